The fourth-order valence-corrected chi connectivity index (χ4v) is 3.61. The van der Waals surface area contributed by atoms with Crippen molar-refractivity contribution in [3.63, 3.8) is 0 Å². The molecule has 0 saturated heterocycles. The maximum absolute atomic E-state index is 11.9. The molecule has 0 saturated carbocycles. The van der Waals surface area contributed by atoms with Gasteiger partial charge in [0.15, 0.2) is 0 Å². The van der Waals surface area contributed by atoms with Crippen molar-refractivity contribution in [2.75, 3.05) is 0 Å². The Morgan fingerprint density at radius 1 is 0.821 bits per heavy atom. The minimum absolute atomic E-state index is 0.0343. The highest BCUT2D eigenvalue weighted by molar-refractivity contribution is 7.94. The lowest BCUT2D eigenvalue weighted by molar-refractivity contribution is -0.402. The van der Waals surface area contributed by atoms with Gasteiger partial charge >= 0.3 is 11.4 Å². The van der Waals surface area contributed by atoms with Crippen molar-refractivity contribution < 1.29 is 23.2 Å². The molecule has 2 aromatic rings. The Labute approximate surface area is 155 Å². The Bertz CT molecular complexity index is 1180. The van der Waals surface area contributed by atoms with Gasteiger partial charge in [-0.3, -0.25) is 30.3 Å². The van der Waals surface area contributed by atoms with Crippen molar-refractivity contribution >= 4 is 44.4 Å². The van der Waals surface area contributed by atoms with Crippen LogP contribution in [0.25, 0.3) is 6.08 Å². The Hall–Kier alpha value is -4.07. The van der Waals surface area contributed by atoms with Crippen LogP contribution in [0.1, 0.15) is 5.56 Å². The maximum atomic E-state index is 11.9. The summed E-state index contributed by atoms with van der Waals surface area (Å²) >= 11 is 0. The number of rotatable bonds is 5. The molecule has 0 amide bonds. The highest BCUT2D eigenvalue weighted by Crippen LogP contribution is 2.41. The van der Waals surface area contributed by atoms with Crippen LogP contribution >= 0.6 is 0 Å². The minimum Gasteiger partial charge on any atom is -0.258 e. The molecule has 0 fully saturated rings. The first-order chi connectivity index (χ1) is 13.1. The molecule has 14 heteroatoms. The van der Waals surface area contributed by atoms with Crippen molar-refractivity contribution in [2.45, 2.75) is 4.90 Å². The van der Waals surface area contributed by atoms with Crippen LogP contribution in [0.3, 0.4) is 0 Å². The fourth-order valence-electron chi connectivity index (χ4n) is 2.39. The van der Waals surface area contributed by atoms with E-state index in [1.807, 2.05) is 0 Å². The lowest BCUT2D eigenvalue weighted by atomic mass is 10.2. The second kappa shape index (κ2) is 6.58. The molecule has 0 aromatic heterocycles. The van der Waals surface area contributed by atoms with Gasteiger partial charge < -0.3 is 0 Å². The quantitative estimate of drug-likeness (QED) is 0.409. The number of benzene rings is 2. The molecular weight excluding hydrogens is 398 g/mol. The molecule has 0 bridgehead atoms. The fraction of sp³-hybridized carbons (Fsp3) is 0. The van der Waals surface area contributed by atoms with Gasteiger partial charge in [-0.15, -0.1) is 5.11 Å². The topological polar surface area (TPSA) is 188 Å². The molecule has 0 radical (unpaired) electrons. The third kappa shape index (κ3) is 3.30. The zero-order valence-electron chi connectivity index (χ0n) is 13.5. The Morgan fingerprint density at radius 2 is 1.43 bits per heavy atom. The van der Waals surface area contributed by atoms with E-state index in [4.69, 9.17) is 0 Å². The molecule has 28 heavy (non-hydrogen) atoms. The molecule has 0 atom stereocenters. The van der Waals surface area contributed by atoms with Crippen LogP contribution in [0, 0.1) is 30.3 Å². The SMILES string of the molecule is O=[N+]([O-])c1cc([N+](=O)[O-])c(N=Nc2ccc3c(c2)S(=O)(=O)C=C3)c([N+](=O)[O-])c1. The number of hydrogen-bond donors (Lipinski definition) is 0. The first-order valence-electron chi connectivity index (χ1n) is 7.20. The van der Waals surface area contributed by atoms with Crippen molar-refractivity contribution in [3.05, 3.63) is 71.6 Å². The molecule has 0 N–H and O–H groups in total. The number of hydrogen-bond acceptors (Lipinski definition) is 10. The van der Waals surface area contributed by atoms with Gasteiger partial charge in [-0.1, -0.05) is 6.07 Å². The summed E-state index contributed by atoms with van der Waals surface area (Å²) in [5, 5.41) is 41.4. The van der Waals surface area contributed by atoms with Crippen LogP contribution in [0.2, 0.25) is 0 Å². The summed E-state index contributed by atoms with van der Waals surface area (Å²) in [6.45, 7) is 0. The number of sulfone groups is 1. The van der Waals surface area contributed by atoms with Crippen LogP contribution in [-0.4, -0.2) is 23.2 Å². The van der Waals surface area contributed by atoms with E-state index in [2.05, 4.69) is 10.2 Å². The Balaban J connectivity index is 2.13. The van der Waals surface area contributed by atoms with E-state index < -0.39 is 47.4 Å². The van der Waals surface area contributed by atoms with E-state index in [1.165, 1.54) is 18.2 Å². The van der Waals surface area contributed by atoms with Gasteiger partial charge in [0.2, 0.25) is 15.5 Å². The second-order valence-electron chi connectivity index (χ2n) is 5.37. The summed E-state index contributed by atoms with van der Waals surface area (Å²) in [7, 11) is -3.64. The molecule has 1 aliphatic heterocycles. The smallest absolute Gasteiger partial charge is 0.258 e. The number of nitro benzene ring substituents is 3. The van der Waals surface area contributed by atoms with Crippen LogP contribution in [0.4, 0.5) is 28.4 Å². The number of nitro groups is 3. The second-order valence-corrected chi connectivity index (χ2v) is 7.18. The predicted molar refractivity (Wildman–Crippen MR) is 93.2 cm³/mol. The first-order valence-corrected chi connectivity index (χ1v) is 8.75. The van der Waals surface area contributed by atoms with Gasteiger partial charge in [0.1, 0.15) is 0 Å². The van der Waals surface area contributed by atoms with Crippen LogP contribution in [-0.2, 0) is 9.84 Å². The summed E-state index contributed by atoms with van der Waals surface area (Å²) in [5.74, 6) is 0. The van der Waals surface area contributed by atoms with Gasteiger partial charge in [-0.05, 0) is 23.8 Å². The van der Waals surface area contributed by atoms with E-state index in [0.717, 1.165) is 11.5 Å². The van der Waals surface area contributed by atoms with E-state index in [-0.39, 0.29) is 10.6 Å². The van der Waals surface area contributed by atoms with Gasteiger partial charge in [-0.25, -0.2) is 8.42 Å². The molecular formula is C14H7N5O8S. The number of nitrogens with zero attached hydrogens (tertiary/aromatic N) is 5. The lowest BCUT2D eigenvalue weighted by Gasteiger charge is -2.01. The summed E-state index contributed by atoms with van der Waals surface area (Å²) in [6, 6.07) is 4.98. The van der Waals surface area contributed by atoms with Crippen LogP contribution in [0.5, 0.6) is 0 Å². The molecule has 0 unspecified atom stereocenters. The first kappa shape index (κ1) is 18.7. The van der Waals surface area contributed by atoms with Gasteiger partial charge in [0.05, 0.1) is 37.5 Å². The molecule has 0 aliphatic carbocycles. The van der Waals surface area contributed by atoms with Crippen LogP contribution < -0.4 is 0 Å². The summed E-state index contributed by atoms with van der Waals surface area (Å²) in [4.78, 5) is 30.0. The van der Waals surface area contributed by atoms with E-state index in [1.54, 1.807) is 0 Å². The highest BCUT2D eigenvalue weighted by atomic mass is 32.2. The Kier molecular flexibility index (Phi) is 4.40. The monoisotopic (exact) mass is 405 g/mol. The molecule has 0 spiro atoms. The highest BCUT2D eigenvalue weighted by Gasteiger charge is 2.31. The maximum Gasteiger partial charge on any atom is 0.310 e. The number of fused-ring (bicyclic) bond motifs is 1. The minimum atomic E-state index is -3.64. The summed E-state index contributed by atoms with van der Waals surface area (Å²) in [5.41, 5.74) is -3.26. The van der Waals surface area contributed by atoms with Crippen molar-refractivity contribution in [1.29, 1.82) is 0 Å². The van der Waals surface area contributed by atoms with E-state index in [9.17, 15) is 38.8 Å². The normalized spacial score (nSPS) is 14.1. The van der Waals surface area contributed by atoms with E-state index >= 15 is 0 Å². The molecule has 2 aromatic carbocycles. The number of non-ortho nitro benzene ring substituents is 1. The molecule has 13 nitrogen and oxygen atoms in total. The van der Waals surface area contributed by atoms with Gasteiger partial charge in [0, 0.05) is 5.41 Å². The molecule has 1 heterocycles. The van der Waals surface area contributed by atoms with E-state index in [0.29, 0.717) is 17.7 Å². The third-order valence-electron chi connectivity index (χ3n) is 3.65. The molecule has 3 rings (SSSR count). The zero-order valence-corrected chi connectivity index (χ0v) is 14.3. The zero-order chi connectivity index (χ0) is 20.6. The average Bonchev–Trinajstić information content (AvgIpc) is 2.93. The molecule has 1 aliphatic rings. The van der Waals surface area contributed by atoms with Crippen LogP contribution in [0.15, 0.2) is 50.9 Å². The summed E-state index contributed by atoms with van der Waals surface area (Å²) < 4.78 is 23.7. The third-order valence-corrected chi connectivity index (χ3v) is 5.12. The number of azo groups is 1. The van der Waals surface area contributed by atoms with Crippen molar-refractivity contribution in [3.8, 4) is 0 Å². The lowest BCUT2D eigenvalue weighted by Crippen LogP contribution is -1.97. The van der Waals surface area contributed by atoms with Gasteiger partial charge in [-0.2, -0.15) is 5.11 Å². The summed E-state index contributed by atoms with van der Waals surface area (Å²) in [6.07, 6.45) is 1.37. The molecule has 142 valence electrons. The van der Waals surface area contributed by atoms with Gasteiger partial charge in [0.25, 0.3) is 5.69 Å². The largest absolute Gasteiger partial charge is 0.310 e. The van der Waals surface area contributed by atoms with Crippen molar-refractivity contribution in [1.82, 2.24) is 0 Å². The average molecular weight is 405 g/mol. The Morgan fingerprint density at radius 3 is 1.96 bits per heavy atom. The van der Waals surface area contributed by atoms with Crippen molar-refractivity contribution in [2.24, 2.45) is 10.2 Å². The predicted octanol–water partition coefficient (Wildman–Crippen LogP) is 3.58. The standard InChI is InChI=1S/C14H7N5O8S/c20-17(21)10-6-11(18(22)23)14(12(7-10)19(24)25)16-15-9-2-1-8-3-4-28(26,27)13(8)5-9/h1-7H.